The number of benzene rings is 1. The summed E-state index contributed by atoms with van der Waals surface area (Å²) in [5, 5.41) is 8.71. The van der Waals surface area contributed by atoms with Crippen molar-refractivity contribution in [1.82, 2.24) is 4.98 Å². The lowest BCUT2D eigenvalue weighted by atomic mass is 10.1. The number of rotatable bonds is 3. The van der Waals surface area contributed by atoms with Crippen molar-refractivity contribution >= 4 is 17.1 Å². The monoisotopic (exact) mass is 234 g/mol. The number of carboxylic acid groups (broad SMARTS) is 1. The van der Waals surface area contributed by atoms with Crippen LogP contribution in [0.5, 0.6) is 0 Å². The third-order valence-corrected chi connectivity index (χ3v) is 2.76. The molecule has 90 valence electrons. The highest BCUT2D eigenvalue weighted by Gasteiger charge is 2.16. The van der Waals surface area contributed by atoms with E-state index >= 15 is 0 Å². The number of hydrogen-bond donors (Lipinski definition) is 2. The molecule has 0 amide bonds. The molecule has 0 spiro atoms. The Labute approximate surface area is 98.2 Å². The highest BCUT2D eigenvalue weighted by molar-refractivity contribution is 5.76. The Morgan fingerprint density at radius 2 is 2.12 bits per heavy atom. The van der Waals surface area contributed by atoms with E-state index in [2.05, 4.69) is 4.98 Å². The summed E-state index contributed by atoms with van der Waals surface area (Å²) in [6, 6.07) is 2.84. The van der Waals surface area contributed by atoms with E-state index in [0.29, 0.717) is 11.5 Å². The summed E-state index contributed by atoms with van der Waals surface area (Å²) in [5.41, 5.74) is 9.07. The van der Waals surface area contributed by atoms with Crippen molar-refractivity contribution in [3.05, 3.63) is 29.2 Å². The lowest BCUT2D eigenvalue weighted by Crippen LogP contribution is -2.32. The van der Waals surface area contributed by atoms with Gasteiger partial charge in [0, 0.05) is 0 Å². The van der Waals surface area contributed by atoms with Gasteiger partial charge in [-0.15, -0.1) is 0 Å². The largest absolute Gasteiger partial charge is 0.480 e. The van der Waals surface area contributed by atoms with Gasteiger partial charge in [-0.1, -0.05) is 0 Å². The zero-order valence-corrected chi connectivity index (χ0v) is 9.73. The van der Waals surface area contributed by atoms with Crippen LogP contribution in [-0.2, 0) is 11.2 Å². The zero-order chi connectivity index (χ0) is 12.6. The van der Waals surface area contributed by atoms with Gasteiger partial charge >= 0.3 is 5.97 Å². The molecule has 0 saturated carbocycles. The fourth-order valence-electron chi connectivity index (χ4n) is 1.59. The Morgan fingerprint density at radius 3 is 2.76 bits per heavy atom. The van der Waals surface area contributed by atoms with E-state index in [1.165, 1.54) is 0 Å². The number of aryl methyl sites for hydroxylation is 2. The third kappa shape index (κ3) is 2.29. The Morgan fingerprint density at radius 1 is 1.47 bits per heavy atom. The number of fused-ring (bicyclic) bond motifs is 1. The molecule has 0 saturated heterocycles. The molecule has 1 heterocycles. The van der Waals surface area contributed by atoms with Crippen molar-refractivity contribution in [3.8, 4) is 0 Å². The fraction of sp³-hybridized carbons (Fsp3) is 0.333. The van der Waals surface area contributed by atoms with E-state index in [1.807, 2.05) is 26.0 Å². The van der Waals surface area contributed by atoms with Crippen LogP contribution in [0.2, 0.25) is 0 Å². The molecule has 0 aliphatic rings. The van der Waals surface area contributed by atoms with E-state index in [-0.39, 0.29) is 6.42 Å². The van der Waals surface area contributed by atoms with Gasteiger partial charge in [-0.05, 0) is 37.1 Å². The van der Waals surface area contributed by atoms with Crippen LogP contribution in [0.15, 0.2) is 16.5 Å². The molecule has 2 aromatic rings. The maximum atomic E-state index is 10.6. The standard InChI is InChI=1S/C12H14N2O3/c1-6-3-9-10(4-7(6)2)17-11(14-9)5-8(13)12(15)16/h3-4,8H,5,13H2,1-2H3,(H,15,16)/t8-/m0/s1. The van der Waals surface area contributed by atoms with Crippen LogP contribution in [-0.4, -0.2) is 22.1 Å². The summed E-state index contributed by atoms with van der Waals surface area (Å²) in [4.78, 5) is 14.9. The first kappa shape index (κ1) is 11.6. The highest BCUT2D eigenvalue weighted by Crippen LogP contribution is 2.20. The third-order valence-electron chi connectivity index (χ3n) is 2.76. The van der Waals surface area contributed by atoms with Crippen molar-refractivity contribution < 1.29 is 14.3 Å². The normalized spacial score (nSPS) is 12.9. The molecule has 3 N–H and O–H groups in total. The van der Waals surface area contributed by atoms with E-state index in [0.717, 1.165) is 16.6 Å². The number of carbonyl (C=O) groups is 1. The fourth-order valence-corrected chi connectivity index (χ4v) is 1.59. The van der Waals surface area contributed by atoms with E-state index in [9.17, 15) is 4.79 Å². The molecule has 1 atom stereocenters. The molecule has 5 heteroatoms. The van der Waals surface area contributed by atoms with Crippen molar-refractivity contribution in [2.75, 3.05) is 0 Å². The molecule has 0 unspecified atom stereocenters. The summed E-state index contributed by atoms with van der Waals surface area (Å²) in [6.07, 6.45) is 0.0993. The lowest BCUT2D eigenvalue weighted by Gasteiger charge is -2.00. The number of carboxylic acids is 1. The molecule has 17 heavy (non-hydrogen) atoms. The lowest BCUT2D eigenvalue weighted by molar-refractivity contribution is -0.138. The predicted octanol–water partition coefficient (Wildman–Crippen LogP) is 1.40. The van der Waals surface area contributed by atoms with Gasteiger partial charge in [0.25, 0.3) is 0 Å². The van der Waals surface area contributed by atoms with Crippen LogP contribution in [0.4, 0.5) is 0 Å². The summed E-state index contributed by atoms with van der Waals surface area (Å²) < 4.78 is 5.47. The summed E-state index contributed by atoms with van der Waals surface area (Å²) >= 11 is 0. The first-order valence-electron chi connectivity index (χ1n) is 5.32. The maximum absolute atomic E-state index is 10.6. The molecule has 0 aliphatic carbocycles. The molecule has 1 aromatic heterocycles. The Bertz CT molecular complexity index is 535. The van der Waals surface area contributed by atoms with Crippen LogP contribution in [0.25, 0.3) is 11.1 Å². The number of aromatic nitrogens is 1. The molecular weight excluding hydrogens is 220 g/mol. The maximum Gasteiger partial charge on any atom is 0.321 e. The highest BCUT2D eigenvalue weighted by atomic mass is 16.4. The minimum Gasteiger partial charge on any atom is -0.480 e. The quantitative estimate of drug-likeness (QED) is 0.837. The minimum atomic E-state index is -1.06. The van der Waals surface area contributed by atoms with Crippen molar-refractivity contribution in [2.24, 2.45) is 5.73 Å². The van der Waals surface area contributed by atoms with Gasteiger partial charge in [-0.25, -0.2) is 4.98 Å². The van der Waals surface area contributed by atoms with E-state index in [1.54, 1.807) is 0 Å². The molecule has 1 aromatic carbocycles. The van der Waals surface area contributed by atoms with Gasteiger partial charge in [-0.3, -0.25) is 4.79 Å². The average molecular weight is 234 g/mol. The van der Waals surface area contributed by atoms with Gasteiger partial charge in [0.2, 0.25) is 0 Å². The average Bonchev–Trinajstić information content (AvgIpc) is 2.60. The summed E-state index contributed by atoms with van der Waals surface area (Å²) in [7, 11) is 0. The number of nitrogens with zero attached hydrogens (tertiary/aromatic N) is 1. The number of aliphatic carboxylic acids is 1. The number of nitrogens with two attached hydrogens (primary N) is 1. The molecule has 0 fully saturated rings. The molecular formula is C12H14N2O3. The van der Waals surface area contributed by atoms with Crippen LogP contribution >= 0.6 is 0 Å². The Hall–Kier alpha value is -1.88. The van der Waals surface area contributed by atoms with Crippen molar-refractivity contribution in [1.29, 1.82) is 0 Å². The van der Waals surface area contributed by atoms with E-state index in [4.69, 9.17) is 15.3 Å². The van der Waals surface area contributed by atoms with Crippen LogP contribution in [0.1, 0.15) is 17.0 Å². The number of oxazole rings is 1. The van der Waals surface area contributed by atoms with Gasteiger partial charge < -0.3 is 15.3 Å². The molecule has 0 bridgehead atoms. The second-order valence-electron chi connectivity index (χ2n) is 4.16. The SMILES string of the molecule is Cc1cc2nc(C[C@H](N)C(=O)O)oc2cc1C. The first-order valence-corrected chi connectivity index (χ1v) is 5.32. The van der Waals surface area contributed by atoms with Gasteiger partial charge in [0.1, 0.15) is 11.6 Å². The Balaban J connectivity index is 2.35. The second kappa shape index (κ2) is 4.18. The second-order valence-corrected chi connectivity index (χ2v) is 4.16. The van der Waals surface area contributed by atoms with Crippen molar-refractivity contribution in [2.45, 2.75) is 26.3 Å². The van der Waals surface area contributed by atoms with Gasteiger partial charge in [-0.2, -0.15) is 0 Å². The molecule has 0 aliphatic heterocycles. The number of hydrogen-bond acceptors (Lipinski definition) is 4. The van der Waals surface area contributed by atoms with Crippen LogP contribution in [0, 0.1) is 13.8 Å². The summed E-state index contributed by atoms with van der Waals surface area (Å²) in [5.74, 6) is -0.695. The minimum absolute atomic E-state index is 0.0993. The topological polar surface area (TPSA) is 89.3 Å². The van der Waals surface area contributed by atoms with Crippen LogP contribution < -0.4 is 5.73 Å². The van der Waals surface area contributed by atoms with Gasteiger partial charge in [0.05, 0.1) is 6.42 Å². The summed E-state index contributed by atoms with van der Waals surface area (Å²) in [6.45, 7) is 3.98. The smallest absolute Gasteiger partial charge is 0.321 e. The first-order chi connectivity index (χ1) is 7.97. The molecule has 5 nitrogen and oxygen atoms in total. The molecule has 0 radical (unpaired) electrons. The van der Waals surface area contributed by atoms with Crippen molar-refractivity contribution in [3.63, 3.8) is 0 Å². The Kier molecular flexibility index (Phi) is 2.85. The van der Waals surface area contributed by atoms with Gasteiger partial charge in [0.15, 0.2) is 11.5 Å². The predicted molar refractivity (Wildman–Crippen MR) is 62.8 cm³/mol. The molecule has 2 rings (SSSR count). The zero-order valence-electron chi connectivity index (χ0n) is 9.73. The van der Waals surface area contributed by atoms with E-state index < -0.39 is 12.0 Å². The van der Waals surface area contributed by atoms with Crippen LogP contribution in [0.3, 0.4) is 0 Å².